The minimum atomic E-state index is -0.166. The molecule has 0 atom stereocenters. The predicted molar refractivity (Wildman–Crippen MR) is 103 cm³/mol. The van der Waals surface area contributed by atoms with E-state index >= 15 is 0 Å². The van der Waals surface area contributed by atoms with Crippen LogP contribution in [-0.2, 0) is 23.9 Å². The van der Waals surface area contributed by atoms with Crippen LogP contribution in [0.4, 0.5) is 0 Å². The molecule has 5 nitrogen and oxygen atoms in total. The van der Waals surface area contributed by atoms with E-state index in [0.29, 0.717) is 32.5 Å². The molecule has 0 aliphatic rings. The summed E-state index contributed by atoms with van der Waals surface area (Å²) in [4.78, 5) is 33.9. The van der Waals surface area contributed by atoms with Crippen molar-refractivity contribution in [2.24, 2.45) is 0 Å². The van der Waals surface area contributed by atoms with Crippen molar-refractivity contribution in [1.82, 2.24) is 0 Å². The van der Waals surface area contributed by atoms with E-state index in [4.69, 9.17) is 9.47 Å². The summed E-state index contributed by atoms with van der Waals surface area (Å²) in [6, 6.07) is 0. The Morgan fingerprint density at radius 2 is 1.00 bits per heavy atom. The molecule has 0 amide bonds. The molecular weight excluding hydrogens is 332 g/mol. The average Bonchev–Trinajstić information content (AvgIpc) is 2.60. The number of carbonyl (C=O) groups is 3. The number of unbranched alkanes of at least 4 members (excludes halogenated alkanes) is 8. The highest BCUT2D eigenvalue weighted by Crippen LogP contribution is 2.07. The second kappa shape index (κ2) is 18.4. The molecule has 0 unspecified atom stereocenters. The van der Waals surface area contributed by atoms with Crippen LogP contribution in [0, 0.1) is 0 Å². The van der Waals surface area contributed by atoms with E-state index in [-0.39, 0.29) is 17.7 Å². The first-order chi connectivity index (χ1) is 12.6. The number of carbonyl (C=O) groups excluding carboxylic acids is 3. The van der Waals surface area contributed by atoms with Gasteiger partial charge in [-0.15, -0.1) is 0 Å². The Balaban J connectivity index is 3.31. The number of Topliss-reactive ketones (excluding diaryl/α,β-unsaturated/α-hetero) is 1. The van der Waals surface area contributed by atoms with E-state index in [1.54, 1.807) is 6.92 Å². The summed E-state index contributed by atoms with van der Waals surface area (Å²) >= 11 is 0. The lowest BCUT2D eigenvalue weighted by molar-refractivity contribution is -0.145. The van der Waals surface area contributed by atoms with Crippen LogP contribution in [-0.4, -0.2) is 30.9 Å². The van der Waals surface area contributed by atoms with Gasteiger partial charge in [-0.05, 0) is 51.9 Å². The van der Waals surface area contributed by atoms with Gasteiger partial charge in [0.25, 0.3) is 0 Å². The lowest BCUT2D eigenvalue weighted by Gasteiger charge is -2.06. The first kappa shape index (κ1) is 24.6. The molecule has 0 saturated heterocycles. The SMILES string of the molecule is CCCCCCCC(=O)OCCCCCC(=O)OCCCCCC(C)=O. The van der Waals surface area contributed by atoms with Crippen molar-refractivity contribution in [3.63, 3.8) is 0 Å². The first-order valence-corrected chi connectivity index (χ1v) is 10.4. The van der Waals surface area contributed by atoms with Crippen LogP contribution < -0.4 is 0 Å². The van der Waals surface area contributed by atoms with Crippen LogP contribution in [0.1, 0.15) is 104 Å². The van der Waals surface area contributed by atoms with Gasteiger partial charge in [-0.1, -0.05) is 32.6 Å². The van der Waals surface area contributed by atoms with Gasteiger partial charge in [0.15, 0.2) is 0 Å². The summed E-state index contributed by atoms with van der Waals surface area (Å²) < 4.78 is 10.4. The van der Waals surface area contributed by atoms with Gasteiger partial charge in [0.05, 0.1) is 13.2 Å². The van der Waals surface area contributed by atoms with Gasteiger partial charge in [0.2, 0.25) is 0 Å². The second-order valence-corrected chi connectivity index (χ2v) is 6.93. The van der Waals surface area contributed by atoms with Gasteiger partial charge in [-0.3, -0.25) is 9.59 Å². The van der Waals surface area contributed by atoms with Crippen LogP contribution in [0.3, 0.4) is 0 Å². The highest BCUT2D eigenvalue weighted by Gasteiger charge is 2.04. The van der Waals surface area contributed by atoms with Crippen molar-refractivity contribution < 1.29 is 23.9 Å². The average molecular weight is 371 g/mol. The Kier molecular flexibility index (Phi) is 17.4. The molecule has 0 aromatic heterocycles. The molecule has 0 aromatic carbocycles. The van der Waals surface area contributed by atoms with E-state index < -0.39 is 0 Å². The van der Waals surface area contributed by atoms with Crippen LogP contribution >= 0.6 is 0 Å². The summed E-state index contributed by atoms with van der Waals surface area (Å²) in [5.74, 6) is -0.0639. The van der Waals surface area contributed by atoms with E-state index in [0.717, 1.165) is 51.4 Å². The maximum atomic E-state index is 11.6. The van der Waals surface area contributed by atoms with Crippen LogP contribution in [0.25, 0.3) is 0 Å². The van der Waals surface area contributed by atoms with Crippen molar-refractivity contribution in [2.75, 3.05) is 13.2 Å². The van der Waals surface area contributed by atoms with Gasteiger partial charge in [0.1, 0.15) is 5.78 Å². The Morgan fingerprint density at radius 3 is 1.46 bits per heavy atom. The standard InChI is InChI=1S/C21H38O5/c1-3-4-5-6-10-15-20(23)26-18-13-8-11-16-21(24)25-17-12-7-9-14-19(2)22/h3-18H2,1-2H3. The molecule has 0 heterocycles. The van der Waals surface area contributed by atoms with Crippen molar-refractivity contribution in [1.29, 1.82) is 0 Å². The number of esters is 2. The van der Waals surface area contributed by atoms with E-state index in [1.165, 1.54) is 19.3 Å². The minimum Gasteiger partial charge on any atom is -0.466 e. The fourth-order valence-electron chi connectivity index (χ4n) is 2.59. The fourth-order valence-corrected chi connectivity index (χ4v) is 2.59. The van der Waals surface area contributed by atoms with Crippen LogP contribution in [0.5, 0.6) is 0 Å². The minimum absolute atomic E-state index is 0.106. The number of rotatable bonds is 18. The second-order valence-electron chi connectivity index (χ2n) is 6.93. The zero-order valence-electron chi connectivity index (χ0n) is 16.9. The lowest BCUT2D eigenvalue weighted by Crippen LogP contribution is -2.07. The Morgan fingerprint density at radius 1 is 0.577 bits per heavy atom. The number of hydrogen-bond acceptors (Lipinski definition) is 5. The summed E-state index contributed by atoms with van der Waals surface area (Å²) in [5, 5.41) is 0. The third kappa shape index (κ3) is 18.9. The molecule has 0 spiro atoms. The molecule has 0 aromatic rings. The molecule has 26 heavy (non-hydrogen) atoms. The topological polar surface area (TPSA) is 69.7 Å². The molecule has 5 heteroatoms. The van der Waals surface area contributed by atoms with Crippen LogP contribution in [0.2, 0.25) is 0 Å². The highest BCUT2D eigenvalue weighted by molar-refractivity contribution is 5.75. The number of ketones is 1. The lowest BCUT2D eigenvalue weighted by atomic mass is 10.1. The quantitative estimate of drug-likeness (QED) is 0.247. The molecule has 0 rings (SSSR count). The predicted octanol–water partition coefficient (Wildman–Crippen LogP) is 5.14. The molecule has 152 valence electrons. The summed E-state index contributed by atoms with van der Waals surface area (Å²) in [6.07, 6.45) is 12.2. The largest absolute Gasteiger partial charge is 0.466 e. The zero-order valence-corrected chi connectivity index (χ0v) is 16.9. The Hall–Kier alpha value is -1.39. The van der Waals surface area contributed by atoms with Gasteiger partial charge >= 0.3 is 11.9 Å². The Labute approximate surface area is 159 Å². The first-order valence-electron chi connectivity index (χ1n) is 10.4. The maximum absolute atomic E-state index is 11.6. The van der Waals surface area contributed by atoms with Crippen molar-refractivity contribution >= 4 is 17.7 Å². The third-order valence-electron chi connectivity index (χ3n) is 4.21. The molecule has 0 radical (unpaired) electrons. The molecule has 0 aliphatic heterocycles. The van der Waals surface area contributed by atoms with Gasteiger partial charge in [-0.2, -0.15) is 0 Å². The molecule has 0 N–H and O–H groups in total. The molecular formula is C21H38O5. The summed E-state index contributed by atoms with van der Waals surface area (Å²) in [7, 11) is 0. The van der Waals surface area contributed by atoms with E-state index in [9.17, 15) is 14.4 Å². The normalized spacial score (nSPS) is 10.5. The molecule has 0 saturated carbocycles. The summed E-state index contributed by atoms with van der Waals surface area (Å²) in [5.41, 5.74) is 0. The molecule has 0 aliphatic carbocycles. The number of hydrogen-bond donors (Lipinski definition) is 0. The van der Waals surface area contributed by atoms with Crippen LogP contribution in [0.15, 0.2) is 0 Å². The third-order valence-corrected chi connectivity index (χ3v) is 4.21. The monoisotopic (exact) mass is 370 g/mol. The van der Waals surface area contributed by atoms with Crippen molar-refractivity contribution in [3.8, 4) is 0 Å². The summed E-state index contributed by atoms with van der Waals surface area (Å²) in [6.45, 7) is 4.65. The highest BCUT2D eigenvalue weighted by atomic mass is 16.5. The zero-order chi connectivity index (χ0) is 19.5. The number of ether oxygens (including phenoxy) is 2. The van der Waals surface area contributed by atoms with Crippen molar-refractivity contribution in [3.05, 3.63) is 0 Å². The molecule has 0 bridgehead atoms. The van der Waals surface area contributed by atoms with Gasteiger partial charge in [-0.25, -0.2) is 0 Å². The van der Waals surface area contributed by atoms with E-state index in [1.807, 2.05) is 0 Å². The maximum Gasteiger partial charge on any atom is 0.305 e. The van der Waals surface area contributed by atoms with Crippen molar-refractivity contribution in [2.45, 2.75) is 104 Å². The smallest absolute Gasteiger partial charge is 0.305 e. The van der Waals surface area contributed by atoms with E-state index in [2.05, 4.69) is 6.92 Å². The fraction of sp³-hybridized carbons (Fsp3) is 0.857. The molecule has 0 fully saturated rings. The Bertz CT molecular complexity index is 379. The van der Waals surface area contributed by atoms with Gasteiger partial charge < -0.3 is 14.3 Å². The van der Waals surface area contributed by atoms with Gasteiger partial charge in [0, 0.05) is 19.3 Å².